The number of benzene rings is 1. The Bertz CT molecular complexity index is 929. The van der Waals surface area contributed by atoms with Gasteiger partial charge in [0.2, 0.25) is 5.95 Å². The molecule has 4 rings (SSSR count). The van der Waals surface area contributed by atoms with Crippen molar-refractivity contribution in [1.29, 1.82) is 0 Å². The highest BCUT2D eigenvalue weighted by atomic mass is 35.5. The first kappa shape index (κ1) is 17.5. The molecule has 0 radical (unpaired) electrons. The summed E-state index contributed by atoms with van der Waals surface area (Å²) in [7, 11) is 0. The lowest BCUT2D eigenvalue weighted by Gasteiger charge is -2.15. The number of phenols is 1. The van der Waals surface area contributed by atoms with Crippen LogP contribution in [-0.4, -0.2) is 26.1 Å². The number of aromatic hydroxyl groups is 1. The second-order valence-electron chi connectivity index (χ2n) is 6.62. The number of phenolic OH excluding ortho intramolecular Hbond substituents is 1. The molecule has 2 aromatic heterocycles. The van der Waals surface area contributed by atoms with Gasteiger partial charge >= 0.3 is 0 Å². The average Bonchev–Trinajstić information content (AvgIpc) is 3.18. The molecule has 0 unspecified atom stereocenters. The fourth-order valence-electron chi connectivity index (χ4n) is 3.24. The normalized spacial score (nSPS) is 14.3. The number of hydrogen-bond donors (Lipinski definition) is 3. The van der Waals surface area contributed by atoms with E-state index in [1.807, 2.05) is 18.2 Å². The summed E-state index contributed by atoms with van der Waals surface area (Å²) in [5, 5.41) is 17.2. The Balaban J connectivity index is 1.69. The van der Waals surface area contributed by atoms with Crippen LogP contribution in [0.15, 0.2) is 48.8 Å². The zero-order valence-corrected chi connectivity index (χ0v) is 15.4. The largest absolute Gasteiger partial charge is 0.506 e. The van der Waals surface area contributed by atoms with Crippen LogP contribution in [-0.2, 0) is 0 Å². The predicted molar refractivity (Wildman–Crippen MR) is 108 cm³/mol. The Labute approximate surface area is 162 Å². The lowest BCUT2D eigenvalue weighted by atomic mass is 10.2. The van der Waals surface area contributed by atoms with Gasteiger partial charge in [0.25, 0.3) is 0 Å². The quantitative estimate of drug-likeness (QED) is 0.540. The van der Waals surface area contributed by atoms with Crippen LogP contribution in [0.3, 0.4) is 0 Å². The molecule has 1 aromatic carbocycles. The molecule has 7 heteroatoms. The van der Waals surface area contributed by atoms with Crippen molar-refractivity contribution in [2.24, 2.45) is 0 Å². The monoisotopic (exact) mass is 381 g/mol. The predicted octanol–water partition coefficient (Wildman–Crippen LogP) is 5.00. The van der Waals surface area contributed by atoms with Crippen LogP contribution < -0.4 is 10.6 Å². The van der Waals surface area contributed by atoms with Gasteiger partial charge in [0.15, 0.2) is 0 Å². The first-order valence-electron chi connectivity index (χ1n) is 8.99. The van der Waals surface area contributed by atoms with Crippen LogP contribution in [0.25, 0.3) is 11.3 Å². The van der Waals surface area contributed by atoms with Crippen LogP contribution >= 0.6 is 11.6 Å². The number of nitrogens with one attached hydrogen (secondary N) is 2. The number of halogens is 1. The van der Waals surface area contributed by atoms with Gasteiger partial charge in [0, 0.05) is 35.1 Å². The fraction of sp³-hybridized carbons (Fsp3) is 0.250. The van der Waals surface area contributed by atoms with Gasteiger partial charge in [-0.15, -0.1) is 0 Å². The molecule has 0 bridgehead atoms. The summed E-state index contributed by atoms with van der Waals surface area (Å²) in [4.78, 5) is 13.4. The van der Waals surface area contributed by atoms with Crippen LogP contribution in [0.2, 0.25) is 5.02 Å². The van der Waals surface area contributed by atoms with Crippen LogP contribution in [0, 0.1) is 0 Å². The third-order valence-corrected chi connectivity index (χ3v) is 4.83. The molecule has 2 heterocycles. The van der Waals surface area contributed by atoms with Gasteiger partial charge in [-0.3, -0.25) is 4.98 Å². The van der Waals surface area contributed by atoms with E-state index in [-0.39, 0.29) is 5.75 Å². The highest BCUT2D eigenvalue weighted by Gasteiger charge is 2.17. The second kappa shape index (κ2) is 7.80. The van der Waals surface area contributed by atoms with E-state index in [0.717, 1.165) is 24.1 Å². The molecule has 0 amide bonds. The first-order valence-corrected chi connectivity index (χ1v) is 9.37. The summed E-state index contributed by atoms with van der Waals surface area (Å²) in [5.41, 5.74) is 2.14. The summed E-state index contributed by atoms with van der Waals surface area (Å²) in [6, 6.07) is 10.9. The smallest absolute Gasteiger partial charge is 0.225 e. The summed E-state index contributed by atoms with van der Waals surface area (Å²) in [6.07, 6.45) is 8.19. The van der Waals surface area contributed by atoms with Crippen molar-refractivity contribution in [3.63, 3.8) is 0 Å². The SMILES string of the molecule is Oc1ccc(Cl)cc1Nc1cc(-c2cccnc2)nc(NC2CCCC2)n1. The van der Waals surface area contributed by atoms with Gasteiger partial charge in [-0.2, -0.15) is 4.98 Å². The molecule has 0 aliphatic heterocycles. The third-order valence-electron chi connectivity index (χ3n) is 4.59. The molecule has 1 fully saturated rings. The van der Waals surface area contributed by atoms with Crippen molar-refractivity contribution in [2.45, 2.75) is 31.7 Å². The maximum absolute atomic E-state index is 10.1. The van der Waals surface area contributed by atoms with Gasteiger partial charge in [0.1, 0.15) is 11.6 Å². The lowest BCUT2D eigenvalue weighted by Crippen LogP contribution is -2.17. The van der Waals surface area contributed by atoms with E-state index in [2.05, 4.69) is 25.6 Å². The molecule has 1 aliphatic carbocycles. The highest BCUT2D eigenvalue weighted by Crippen LogP contribution is 2.31. The number of hydrogen-bond acceptors (Lipinski definition) is 6. The van der Waals surface area contributed by atoms with E-state index in [4.69, 9.17) is 11.6 Å². The van der Waals surface area contributed by atoms with Crippen molar-refractivity contribution in [1.82, 2.24) is 15.0 Å². The summed E-state index contributed by atoms with van der Waals surface area (Å²) >= 11 is 6.05. The van der Waals surface area contributed by atoms with E-state index < -0.39 is 0 Å². The zero-order valence-electron chi connectivity index (χ0n) is 14.7. The molecular formula is C20H20ClN5O. The molecule has 0 atom stereocenters. The Morgan fingerprint density at radius 1 is 1.07 bits per heavy atom. The molecule has 27 heavy (non-hydrogen) atoms. The molecular weight excluding hydrogens is 362 g/mol. The van der Waals surface area contributed by atoms with Crippen LogP contribution in [0.4, 0.5) is 17.5 Å². The van der Waals surface area contributed by atoms with Crippen molar-refractivity contribution in [3.8, 4) is 17.0 Å². The zero-order chi connectivity index (χ0) is 18.6. The summed E-state index contributed by atoms with van der Waals surface area (Å²) in [6.45, 7) is 0. The van der Waals surface area contributed by atoms with Gasteiger partial charge < -0.3 is 15.7 Å². The Kier molecular flexibility index (Phi) is 5.07. The third kappa shape index (κ3) is 4.28. The minimum atomic E-state index is 0.103. The topological polar surface area (TPSA) is 83.0 Å². The summed E-state index contributed by atoms with van der Waals surface area (Å²) in [5.74, 6) is 1.24. The van der Waals surface area contributed by atoms with Crippen LogP contribution in [0.5, 0.6) is 5.75 Å². The van der Waals surface area contributed by atoms with Crippen molar-refractivity contribution in [3.05, 3.63) is 53.8 Å². The number of nitrogens with zero attached hydrogens (tertiary/aromatic N) is 3. The summed E-state index contributed by atoms with van der Waals surface area (Å²) < 4.78 is 0. The maximum Gasteiger partial charge on any atom is 0.225 e. The number of aromatic nitrogens is 3. The number of rotatable bonds is 5. The fourth-order valence-corrected chi connectivity index (χ4v) is 3.41. The maximum atomic E-state index is 10.1. The Morgan fingerprint density at radius 3 is 2.70 bits per heavy atom. The Morgan fingerprint density at radius 2 is 1.93 bits per heavy atom. The van der Waals surface area contributed by atoms with E-state index in [1.165, 1.54) is 12.8 Å². The average molecular weight is 382 g/mol. The van der Waals surface area contributed by atoms with E-state index in [9.17, 15) is 5.11 Å². The number of pyridine rings is 1. The van der Waals surface area contributed by atoms with Gasteiger partial charge in [0.05, 0.1) is 11.4 Å². The molecule has 1 aliphatic rings. The van der Waals surface area contributed by atoms with Crippen LogP contribution in [0.1, 0.15) is 25.7 Å². The first-order chi connectivity index (χ1) is 13.2. The van der Waals surface area contributed by atoms with E-state index >= 15 is 0 Å². The molecule has 1 saturated carbocycles. The van der Waals surface area contributed by atoms with E-state index in [1.54, 1.807) is 30.6 Å². The van der Waals surface area contributed by atoms with E-state index in [0.29, 0.717) is 28.5 Å². The standard InChI is InChI=1S/C20H20ClN5O/c21-14-7-8-18(27)17(10-14)24-19-11-16(13-4-3-9-22-12-13)25-20(26-19)23-15-5-1-2-6-15/h3-4,7-12,15,27H,1-2,5-6H2,(H2,23,24,25,26). The minimum Gasteiger partial charge on any atom is -0.506 e. The number of anilines is 3. The highest BCUT2D eigenvalue weighted by molar-refractivity contribution is 6.31. The Hall–Kier alpha value is -2.86. The van der Waals surface area contributed by atoms with Crippen molar-refractivity contribution in [2.75, 3.05) is 10.6 Å². The minimum absolute atomic E-state index is 0.103. The molecule has 138 valence electrons. The second-order valence-corrected chi connectivity index (χ2v) is 7.05. The van der Waals surface area contributed by atoms with Gasteiger partial charge in [-0.05, 0) is 43.2 Å². The molecule has 0 saturated heterocycles. The molecule has 6 nitrogen and oxygen atoms in total. The molecule has 0 spiro atoms. The molecule has 3 aromatic rings. The van der Waals surface area contributed by atoms with Crippen molar-refractivity contribution >= 4 is 29.1 Å². The van der Waals surface area contributed by atoms with Gasteiger partial charge in [-0.25, -0.2) is 4.98 Å². The van der Waals surface area contributed by atoms with Gasteiger partial charge in [-0.1, -0.05) is 24.4 Å². The molecule has 3 N–H and O–H groups in total. The lowest BCUT2D eigenvalue weighted by molar-refractivity contribution is 0.477. The van der Waals surface area contributed by atoms with Crippen molar-refractivity contribution < 1.29 is 5.11 Å².